The lowest BCUT2D eigenvalue weighted by Gasteiger charge is -2.17. The molecule has 0 radical (unpaired) electrons. The topological polar surface area (TPSA) is 66.8 Å². The van der Waals surface area contributed by atoms with Gasteiger partial charge in [0.05, 0.1) is 12.5 Å². The minimum atomic E-state index is -0.858. The predicted molar refractivity (Wildman–Crippen MR) is 101 cm³/mol. The van der Waals surface area contributed by atoms with Crippen LogP contribution in [-0.2, 0) is 4.79 Å². The Labute approximate surface area is 158 Å². The first-order valence-corrected chi connectivity index (χ1v) is 9.41. The Morgan fingerprint density at radius 2 is 1.70 bits per heavy atom. The van der Waals surface area contributed by atoms with Gasteiger partial charge in [-0.2, -0.15) is 0 Å². The summed E-state index contributed by atoms with van der Waals surface area (Å²) in [5, 5.41) is 9.61. The van der Waals surface area contributed by atoms with Crippen LogP contribution in [0, 0.1) is 11.8 Å². The number of carbonyl (C=O) groups excluding carboxylic acids is 1. The standard InChI is InChI=1S/C22H23NO4/c24-21(17-8-10-18(11-9-17)27-14-15-6-7-15)23-12-19(20(13-23)22(25)26)16-4-2-1-3-5-16/h1-5,8-11,15,19-20H,6-7,12-14H2,(H,25,26). The quantitative estimate of drug-likeness (QED) is 0.852. The summed E-state index contributed by atoms with van der Waals surface area (Å²) in [6.45, 7) is 1.38. The number of carboxylic acid groups (broad SMARTS) is 1. The highest BCUT2D eigenvalue weighted by Crippen LogP contribution is 2.34. The number of hydrogen-bond acceptors (Lipinski definition) is 3. The SMILES string of the molecule is O=C(O)C1CN(C(=O)c2ccc(OCC3CC3)cc2)CC1c1ccccc1. The van der Waals surface area contributed by atoms with Crippen molar-refractivity contribution in [3.63, 3.8) is 0 Å². The van der Waals surface area contributed by atoms with E-state index in [2.05, 4.69) is 0 Å². The van der Waals surface area contributed by atoms with E-state index in [1.165, 1.54) is 12.8 Å². The van der Waals surface area contributed by atoms with Gasteiger partial charge in [0, 0.05) is 24.6 Å². The molecule has 1 amide bonds. The lowest BCUT2D eigenvalue weighted by atomic mass is 9.89. The highest BCUT2D eigenvalue weighted by atomic mass is 16.5. The summed E-state index contributed by atoms with van der Waals surface area (Å²) in [5.41, 5.74) is 1.52. The molecule has 2 aromatic rings. The van der Waals surface area contributed by atoms with Gasteiger partial charge in [-0.05, 0) is 48.6 Å². The van der Waals surface area contributed by atoms with Gasteiger partial charge >= 0.3 is 5.97 Å². The molecule has 1 N–H and O–H groups in total. The monoisotopic (exact) mass is 365 g/mol. The number of nitrogens with zero attached hydrogens (tertiary/aromatic N) is 1. The molecule has 27 heavy (non-hydrogen) atoms. The van der Waals surface area contributed by atoms with Crippen molar-refractivity contribution in [3.8, 4) is 5.75 Å². The molecule has 1 aliphatic heterocycles. The van der Waals surface area contributed by atoms with Gasteiger partial charge in [-0.25, -0.2) is 0 Å². The zero-order valence-corrected chi connectivity index (χ0v) is 15.1. The molecule has 2 aromatic carbocycles. The molecule has 5 heteroatoms. The molecule has 1 saturated carbocycles. The van der Waals surface area contributed by atoms with Gasteiger partial charge in [0.1, 0.15) is 5.75 Å². The highest BCUT2D eigenvalue weighted by Gasteiger charge is 2.40. The summed E-state index contributed by atoms with van der Waals surface area (Å²) in [6.07, 6.45) is 2.47. The van der Waals surface area contributed by atoms with Crippen molar-refractivity contribution in [3.05, 3.63) is 65.7 Å². The molecule has 5 nitrogen and oxygen atoms in total. The second kappa shape index (κ2) is 7.43. The Bertz CT molecular complexity index is 814. The number of rotatable bonds is 6. The molecule has 2 atom stereocenters. The molecule has 0 aromatic heterocycles. The van der Waals surface area contributed by atoms with E-state index in [0.717, 1.165) is 17.9 Å². The van der Waals surface area contributed by atoms with Crippen molar-refractivity contribution >= 4 is 11.9 Å². The van der Waals surface area contributed by atoms with Gasteiger partial charge in [-0.1, -0.05) is 30.3 Å². The summed E-state index contributed by atoms with van der Waals surface area (Å²) in [7, 11) is 0. The Morgan fingerprint density at radius 3 is 2.33 bits per heavy atom. The van der Waals surface area contributed by atoms with E-state index >= 15 is 0 Å². The fraction of sp³-hybridized carbons (Fsp3) is 0.364. The van der Waals surface area contributed by atoms with Crippen LogP contribution >= 0.6 is 0 Å². The van der Waals surface area contributed by atoms with Crippen molar-refractivity contribution in [2.75, 3.05) is 19.7 Å². The van der Waals surface area contributed by atoms with Crippen LogP contribution in [0.5, 0.6) is 5.75 Å². The summed E-state index contributed by atoms with van der Waals surface area (Å²) >= 11 is 0. The fourth-order valence-electron chi connectivity index (χ4n) is 3.63. The number of carboxylic acids is 1. The number of aliphatic carboxylic acids is 1. The average Bonchev–Trinajstić information content (AvgIpc) is 3.42. The van der Waals surface area contributed by atoms with Crippen LogP contribution in [-0.4, -0.2) is 41.6 Å². The number of hydrogen-bond donors (Lipinski definition) is 1. The zero-order valence-electron chi connectivity index (χ0n) is 15.1. The molecule has 140 valence electrons. The maximum Gasteiger partial charge on any atom is 0.308 e. The van der Waals surface area contributed by atoms with Gasteiger partial charge in [-0.15, -0.1) is 0 Å². The second-order valence-corrected chi connectivity index (χ2v) is 7.45. The Kier molecular flexibility index (Phi) is 4.84. The number of benzene rings is 2. The third kappa shape index (κ3) is 3.97. The lowest BCUT2D eigenvalue weighted by Crippen LogP contribution is -2.29. The molecule has 1 saturated heterocycles. The molecule has 2 unspecified atom stereocenters. The summed E-state index contributed by atoms with van der Waals surface area (Å²) in [5.74, 6) is -0.313. The first kappa shape index (κ1) is 17.6. The van der Waals surface area contributed by atoms with Gasteiger partial charge < -0.3 is 14.7 Å². The molecular weight excluding hydrogens is 342 g/mol. The maximum atomic E-state index is 12.9. The predicted octanol–water partition coefficient (Wildman–Crippen LogP) is 3.42. The molecule has 2 fully saturated rings. The van der Waals surface area contributed by atoms with E-state index in [0.29, 0.717) is 18.0 Å². The van der Waals surface area contributed by atoms with Gasteiger partial charge in [0.15, 0.2) is 0 Å². The van der Waals surface area contributed by atoms with Crippen LogP contribution in [0.15, 0.2) is 54.6 Å². The third-order valence-corrected chi connectivity index (χ3v) is 5.44. The van der Waals surface area contributed by atoms with E-state index in [-0.39, 0.29) is 18.4 Å². The van der Waals surface area contributed by atoms with Crippen LogP contribution in [0.2, 0.25) is 0 Å². The van der Waals surface area contributed by atoms with Crippen molar-refractivity contribution in [1.82, 2.24) is 4.90 Å². The minimum Gasteiger partial charge on any atom is -0.493 e. The third-order valence-electron chi connectivity index (χ3n) is 5.44. The van der Waals surface area contributed by atoms with Gasteiger partial charge in [0.25, 0.3) is 5.91 Å². The lowest BCUT2D eigenvalue weighted by molar-refractivity contribution is -0.141. The second-order valence-electron chi connectivity index (χ2n) is 7.45. The Morgan fingerprint density at radius 1 is 1.00 bits per heavy atom. The van der Waals surface area contributed by atoms with E-state index < -0.39 is 11.9 Å². The van der Waals surface area contributed by atoms with Crippen molar-refractivity contribution < 1.29 is 19.4 Å². The first-order valence-electron chi connectivity index (χ1n) is 9.41. The summed E-state index contributed by atoms with van der Waals surface area (Å²) in [4.78, 5) is 26.2. The molecular formula is C22H23NO4. The van der Waals surface area contributed by atoms with Gasteiger partial charge in [-0.3, -0.25) is 9.59 Å². The minimum absolute atomic E-state index is 0.131. The number of ether oxygens (including phenoxy) is 1. The number of carbonyl (C=O) groups is 2. The molecule has 1 aliphatic carbocycles. The number of amides is 1. The van der Waals surface area contributed by atoms with Crippen LogP contribution in [0.4, 0.5) is 0 Å². The van der Waals surface area contributed by atoms with Crippen molar-refractivity contribution in [2.24, 2.45) is 11.8 Å². The van der Waals surface area contributed by atoms with E-state index in [1.54, 1.807) is 17.0 Å². The fourth-order valence-corrected chi connectivity index (χ4v) is 3.63. The van der Waals surface area contributed by atoms with Crippen molar-refractivity contribution in [2.45, 2.75) is 18.8 Å². The molecule has 1 heterocycles. The van der Waals surface area contributed by atoms with Crippen molar-refractivity contribution in [1.29, 1.82) is 0 Å². The highest BCUT2D eigenvalue weighted by molar-refractivity contribution is 5.95. The Balaban J connectivity index is 1.45. The molecule has 4 rings (SSSR count). The maximum absolute atomic E-state index is 12.9. The largest absolute Gasteiger partial charge is 0.493 e. The van der Waals surface area contributed by atoms with Crippen LogP contribution in [0.3, 0.4) is 0 Å². The number of likely N-dealkylation sites (tertiary alicyclic amines) is 1. The zero-order chi connectivity index (χ0) is 18.8. The van der Waals surface area contributed by atoms with E-state index in [4.69, 9.17) is 4.74 Å². The smallest absolute Gasteiger partial charge is 0.308 e. The summed E-state index contributed by atoms with van der Waals surface area (Å²) in [6, 6.07) is 16.7. The molecule has 0 bridgehead atoms. The normalized spacial score (nSPS) is 21.9. The Hall–Kier alpha value is -2.82. The van der Waals surface area contributed by atoms with Crippen LogP contribution in [0.1, 0.15) is 34.7 Å². The first-order chi connectivity index (χ1) is 13.1. The van der Waals surface area contributed by atoms with E-state index in [1.807, 2.05) is 42.5 Å². The molecule has 0 spiro atoms. The van der Waals surface area contributed by atoms with E-state index in [9.17, 15) is 14.7 Å². The van der Waals surface area contributed by atoms with Crippen LogP contribution in [0.25, 0.3) is 0 Å². The molecule has 2 aliphatic rings. The van der Waals surface area contributed by atoms with Gasteiger partial charge in [0.2, 0.25) is 0 Å². The van der Waals surface area contributed by atoms with Crippen LogP contribution < -0.4 is 4.74 Å². The average molecular weight is 365 g/mol. The summed E-state index contributed by atoms with van der Waals surface area (Å²) < 4.78 is 5.71.